The van der Waals surface area contributed by atoms with Crippen molar-refractivity contribution in [2.75, 3.05) is 0 Å². The number of carbonyl (C=O) groups is 1. The number of aromatic nitrogens is 2. The summed E-state index contributed by atoms with van der Waals surface area (Å²) in [4.78, 5) is 29.4. The molecule has 4 rings (SSSR count). The number of carboxylic acids is 1. The lowest BCUT2D eigenvalue weighted by Crippen LogP contribution is -2.13. The van der Waals surface area contributed by atoms with Crippen molar-refractivity contribution >= 4 is 16.7 Å². The van der Waals surface area contributed by atoms with E-state index < -0.39 is 11.5 Å². The second kappa shape index (κ2) is 7.36. The van der Waals surface area contributed by atoms with Gasteiger partial charge in [-0.25, -0.2) is 9.78 Å². The normalized spacial score (nSPS) is 10.7. The molecule has 0 atom stereocenters. The van der Waals surface area contributed by atoms with E-state index >= 15 is 0 Å². The van der Waals surface area contributed by atoms with E-state index in [1.807, 2.05) is 60.7 Å². The molecular formula is C22H16N2O4. The lowest BCUT2D eigenvalue weighted by molar-refractivity contribution is 0.0690. The molecule has 0 aliphatic carbocycles. The molecule has 3 aromatic carbocycles. The van der Waals surface area contributed by atoms with Crippen LogP contribution in [0.4, 0.5) is 0 Å². The van der Waals surface area contributed by atoms with Crippen molar-refractivity contribution in [3.05, 3.63) is 94.4 Å². The highest BCUT2D eigenvalue weighted by Gasteiger charge is 2.10. The van der Waals surface area contributed by atoms with Gasteiger partial charge in [-0.3, -0.25) is 4.79 Å². The number of nitrogens with one attached hydrogen (secondary N) is 1. The van der Waals surface area contributed by atoms with Gasteiger partial charge in [0.05, 0.1) is 0 Å². The van der Waals surface area contributed by atoms with Crippen LogP contribution in [0, 0.1) is 0 Å². The number of fused-ring (bicyclic) bond motifs is 1. The van der Waals surface area contributed by atoms with Gasteiger partial charge in [-0.15, -0.1) is 0 Å². The number of aromatic amines is 1. The predicted octanol–water partition coefficient (Wildman–Crippen LogP) is 3.87. The van der Waals surface area contributed by atoms with E-state index in [1.165, 1.54) is 0 Å². The Morgan fingerprint density at radius 1 is 0.964 bits per heavy atom. The number of H-pyrrole nitrogens is 1. The summed E-state index contributed by atoms with van der Waals surface area (Å²) in [6.45, 7) is 0.484. The van der Waals surface area contributed by atoms with Crippen LogP contribution in [0.1, 0.15) is 16.1 Å². The van der Waals surface area contributed by atoms with E-state index in [1.54, 1.807) is 6.07 Å². The van der Waals surface area contributed by atoms with Gasteiger partial charge < -0.3 is 14.8 Å². The van der Waals surface area contributed by atoms with Crippen molar-refractivity contribution in [3.63, 3.8) is 0 Å². The third kappa shape index (κ3) is 3.76. The van der Waals surface area contributed by atoms with Gasteiger partial charge in [-0.2, -0.15) is 0 Å². The van der Waals surface area contributed by atoms with Gasteiger partial charge >= 0.3 is 5.97 Å². The Morgan fingerprint density at radius 3 is 2.50 bits per heavy atom. The van der Waals surface area contributed by atoms with Gasteiger partial charge in [-0.05, 0) is 34.5 Å². The Hall–Kier alpha value is -3.93. The molecule has 0 bridgehead atoms. The molecule has 138 valence electrons. The molecule has 28 heavy (non-hydrogen) atoms. The Morgan fingerprint density at radius 2 is 1.71 bits per heavy atom. The molecule has 1 aromatic heterocycles. The number of benzene rings is 3. The summed E-state index contributed by atoms with van der Waals surface area (Å²) in [6, 6.07) is 22.1. The summed E-state index contributed by atoms with van der Waals surface area (Å²) in [5.74, 6) is -0.270. The fourth-order valence-electron chi connectivity index (χ4n) is 2.91. The predicted molar refractivity (Wildman–Crippen MR) is 106 cm³/mol. The monoisotopic (exact) mass is 372 g/mol. The first-order valence-electron chi connectivity index (χ1n) is 8.64. The molecule has 0 saturated heterocycles. The van der Waals surface area contributed by atoms with Gasteiger partial charge in [0, 0.05) is 11.6 Å². The number of ether oxygens (including phenoxy) is 1. The largest absolute Gasteiger partial charge is 0.489 e. The smallest absolute Gasteiger partial charge is 0.354 e. The lowest BCUT2D eigenvalue weighted by Gasteiger charge is -2.09. The van der Waals surface area contributed by atoms with Crippen molar-refractivity contribution in [1.82, 2.24) is 9.97 Å². The zero-order chi connectivity index (χ0) is 19.5. The van der Waals surface area contributed by atoms with Crippen LogP contribution in [-0.2, 0) is 6.61 Å². The fourth-order valence-corrected chi connectivity index (χ4v) is 2.91. The summed E-state index contributed by atoms with van der Waals surface area (Å²) >= 11 is 0. The van der Waals surface area contributed by atoms with Crippen LogP contribution in [0.15, 0.2) is 77.6 Å². The van der Waals surface area contributed by atoms with E-state index in [-0.39, 0.29) is 11.5 Å². The Balaban J connectivity index is 1.62. The molecule has 4 aromatic rings. The number of hydrogen-bond acceptors (Lipinski definition) is 4. The van der Waals surface area contributed by atoms with E-state index in [4.69, 9.17) is 9.84 Å². The maximum absolute atomic E-state index is 11.7. The molecule has 6 heteroatoms. The number of nitrogens with zero attached hydrogens (tertiary/aromatic N) is 1. The first kappa shape index (κ1) is 17.5. The van der Waals surface area contributed by atoms with E-state index in [0.717, 1.165) is 28.2 Å². The van der Waals surface area contributed by atoms with Crippen LogP contribution in [0.3, 0.4) is 0 Å². The molecule has 0 radical (unpaired) electrons. The molecule has 1 heterocycles. The summed E-state index contributed by atoms with van der Waals surface area (Å²) in [7, 11) is 0. The number of hydrogen-bond donors (Lipinski definition) is 2. The SMILES string of the molecule is O=C(O)c1cc(=O)[nH]c(-c2ccc3cc(OCc4ccccc4)ccc3c2)n1. The summed E-state index contributed by atoms with van der Waals surface area (Å²) in [6.07, 6.45) is 0. The fraction of sp³-hybridized carbons (Fsp3) is 0.0455. The molecule has 0 aliphatic heterocycles. The standard InChI is InChI=1S/C22H16N2O4/c25-20-12-19(22(26)27)23-21(24-20)17-7-6-16-11-18(9-8-15(16)10-17)28-13-14-4-2-1-3-5-14/h1-12H,13H2,(H,26,27)(H,23,24,25). The van der Waals surface area contributed by atoms with Gasteiger partial charge in [-0.1, -0.05) is 48.5 Å². The summed E-state index contributed by atoms with van der Waals surface area (Å²) in [5.41, 5.74) is 0.924. The first-order chi connectivity index (χ1) is 13.6. The van der Waals surface area contributed by atoms with Crippen molar-refractivity contribution in [2.45, 2.75) is 6.61 Å². The quantitative estimate of drug-likeness (QED) is 0.555. The molecule has 0 unspecified atom stereocenters. The minimum atomic E-state index is -1.24. The van der Waals surface area contributed by atoms with Crippen LogP contribution in [0.25, 0.3) is 22.2 Å². The third-order valence-electron chi connectivity index (χ3n) is 4.29. The Bertz CT molecular complexity index is 1220. The molecule has 0 fully saturated rings. The van der Waals surface area contributed by atoms with E-state index in [9.17, 15) is 9.59 Å². The Labute approximate surface area is 160 Å². The van der Waals surface area contributed by atoms with Gasteiger partial charge in [0.25, 0.3) is 5.56 Å². The third-order valence-corrected chi connectivity index (χ3v) is 4.29. The number of carboxylic acid groups (broad SMARTS) is 1. The molecule has 2 N–H and O–H groups in total. The maximum atomic E-state index is 11.7. The molecule has 0 saturated carbocycles. The zero-order valence-corrected chi connectivity index (χ0v) is 14.8. The van der Waals surface area contributed by atoms with Crippen LogP contribution < -0.4 is 10.3 Å². The molecule has 6 nitrogen and oxygen atoms in total. The zero-order valence-electron chi connectivity index (χ0n) is 14.8. The Kier molecular flexibility index (Phi) is 4.60. The maximum Gasteiger partial charge on any atom is 0.354 e. The summed E-state index contributed by atoms with van der Waals surface area (Å²) in [5, 5.41) is 11.0. The average Bonchev–Trinajstić information content (AvgIpc) is 2.72. The second-order valence-electron chi connectivity index (χ2n) is 6.28. The minimum absolute atomic E-state index is 0.219. The van der Waals surface area contributed by atoms with Crippen LogP contribution in [-0.4, -0.2) is 21.0 Å². The van der Waals surface area contributed by atoms with Gasteiger partial charge in [0.15, 0.2) is 5.69 Å². The summed E-state index contributed by atoms with van der Waals surface area (Å²) < 4.78 is 5.85. The van der Waals surface area contributed by atoms with Crippen molar-refractivity contribution in [3.8, 4) is 17.1 Å². The minimum Gasteiger partial charge on any atom is -0.489 e. The average molecular weight is 372 g/mol. The van der Waals surface area contributed by atoms with Gasteiger partial charge in [0.2, 0.25) is 0 Å². The van der Waals surface area contributed by atoms with Gasteiger partial charge in [0.1, 0.15) is 18.2 Å². The molecule has 0 amide bonds. The second-order valence-corrected chi connectivity index (χ2v) is 6.28. The van der Waals surface area contributed by atoms with Crippen molar-refractivity contribution < 1.29 is 14.6 Å². The van der Waals surface area contributed by atoms with Crippen LogP contribution in [0.2, 0.25) is 0 Å². The van der Waals surface area contributed by atoms with E-state index in [2.05, 4.69) is 9.97 Å². The molecular weight excluding hydrogens is 356 g/mol. The number of aromatic carboxylic acids is 1. The van der Waals surface area contributed by atoms with Crippen LogP contribution >= 0.6 is 0 Å². The number of rotatable bonds is 5. The lowest BCUT2D eigenvalue weighted by atomic mass is 10.1. The first-order valence-corrected chi connectivity index (χ1v) is 8.64. The van der Waals surface area contributed by atoms with Crippen molar-refractivity contribution in [1.29, 1.82) is 0 Å². The van der Waals surface area contributed by atoms with Crippen molar-refractivity contribution in [2.24, 2.45) is 0 Å². The highest BCUT2D eigenvalue weighted by Crippen LogP contribution is 2.25. The van der Waals surface area contributed by atoms with Crippen LogP contribution in [0.5, 0.6) is 5.75 Å². The molecule has 0 aliphatic rings. The highest BCUT2D eigenvalue weighted by atomic mass is 16.5. The topological polar surface area (TPSA) is 92.3 Å². The molecule has 0 spiro atoms. The highest BCUT2D eigenvalue weighted by molar-refractivity contribution is 5.88. The van der Waals surface area contributed by atoms with E-state index in [0.29, 0.717) is 12.2 Å².